The zero-order valence-corrected chi connectivity index (χ0v) is 11.4. The van der Waals surface area contributed by atoms with E-state index < -0.39 is 0 Å². The van der Waals surface area contributed by atoms with Crippen LogP contribution in [0.5, 0.6) is 11.5 Å². The number of rotatable bonds is 3. The summed E-state index contributed by atoms with van der Waals surface area (Å²) in [5.41, 5.74) is 4.55. The molecule has 6 nitrogen and oxygen atoms in total. The molecule has 0 bridgehead atoms. The minimum Gasteiger partial charge on any atom is -0.454 e. The Balaban J connectivity index is 1.73. The lowest BCUT2D eigenvalue weighted by molar-refractivity contribution is 0.0954. The van der Waals surface area contributed by atoms with Crippen LogP contribution in [-0.4, -0.2) is 23.4 Å². The number of pyridine rings is 1. The van der Waals surface area contributed by atoms with E-state index in [0.717, 1.165) is 5.56 Å². The van der Waals surface area contributed by atoms with Crippen LogP contribution in [-0.2, 0) is 0 Å². The number of hydrogen-bond donors (Lipinski definition) is 1. The minimum atomic E-state index is -0.280. The first-order valence-electron chi connectivity index (χ1n) is 6.39. The Morgan fingerprint density at radius 2 is 1.90 bits per heavy atom. The third-order valence-corrected chi connectivity index (χ3v) is 3.06. The number of nitrogens with one attached hydrogen (secondary N) is 1. The highest BCUT2D eigenvalue weighted by molar-refractivity contribution is 6.01. The van der Waals surface area contributed by atoms with E-state index in [1.54, 1.807) is 24.5 Å². The van der Waals surface area contributed by atoms with Crippen LogP contribution in [0.15, 0.2) is 47.8 Å². The summed E-state index contributed by atoms with van der Waals surface area (Å²) in [7, 11) is 0. The molecule has 1 aliphatic heterocycles. The maximum Gasteiger partial charge on any atom is 0.271 e. The molecule has 2 heterocycles. The van der Waals surface area contributed by atoms with Crippen molar-refractivity contribution in [2.24, 2.45) is 5.10 Å². The summed E-state index contributed by atoms with van der Waals surface area (Å²) in [6.07, 6.45) is 3.12. The average Bonchev–Trinajstić information content (AvgIpc) is 3.00. The van der Waals surface area contributed by atoms with Crippen molar-refractivity contribution in [2.75, 3.05) is 6.79 Å². The molecule has 0 atom stereocenters. The number of aromatic nitrogens is 1. The van der Waals surface area contributed by atoms with Crippen molar-refractivity contribution < 1.29 is 14.3 Å². The van der Waals surface area contributed by atoms with Gasteiger partial charge in [-0.15, -0.1) is 0 Å². The van der Waals surface area contributed by atoms with Gasteiger partial charge < -0.3 is 9.47 Å². The van der Waals surface area contributed by atoms with E-state index in [1.807, 2.05) is 25.1 Å². The van der Waals surface area contributed by atoms with Crippen LogP contribution in [0.2, 0.25) is 0 Å². The molecular weight excluding hydrogens is 270 g/mol. The molecule has 0 fully saturated rings. The van der Waals surface area contributed by atoms with Gasteiger partial charge in [0.25, 0.3) is 5.91 Å². The molecule has 106 valence electrons. The Labute approximate surface area is 121 Å². The molecule has 2 aromatic rings. The number of hydrazone groups is 1. The first-order chi connectivity index (χ1) is 10.2. The van der Waals surface area contributed by atoms with Crippen LogP contribution in [0.4, 0.5) is 0 Å². The summed E-state index contributed by atoms with van der Waals surface area (Å²) in [6.45, 7) is 2.04. The lowest BCUT2D eigenvalue weighted by atomic mass is 10.1. The van der Waals surface area contributed by atoms with E-state index in [9.17, 15) is 4.79 Å². The topological polar surface area (TPSA) is 72.8 Å². The lowest BCUT2D eigenvalue weighted by Crippen LogP contribution is -2.19. The second-order valence-electron chi connectivity index (χ2n) is 4.44. The molecule has 6 heteroatoms. The van der Waals surface area contributed by atoms with Crippen LogP contribution in [0.25, 0.3) is 0 Å². The lowest BCUT2D eigenvalue weighted by Gasteiger charge is -2.04. The largest absolute Gasteiger partial charge is 0.454 e. The molecule has 1 N–H and O–H groups in total. The van der Waals surface area contributed by atoms with Gasteiger partial charge in [-0.05, 0) is 37.3 Å². The Hall–Kier alpha value is -2.89. The van der Waals surface area contributed by atoms with Gasteiger partial charge in [0.05, 0.1) is 5.71 Å². The fraction of sp³-hybridized carbons (Fsp3) is 0.133. The minimum absolute atomic E-state index is 0.230. The summed E-state index contributed by atoms with van der Waals surface area (Å²) in [5, 5.41) is 4.10. The monoisotopic (exact) mass is 283 g/mol. The van der Waals surface area contributed by atoms with Crippen molar-refractivity contribution >= 4 is 11.6 Å². The van der Waals surface area contributed by atoms with Gasteiger partial charge >= 0.3 is 0 Å². The predicted molar refractivity (Wildman–Crippen MR) is 76.5 cm³/mol. The van der Waals surface area contributed by atoms with Gasteiger partial charge in [0, 0.05) is 23.5 Å². The Kier molecular flexibility index (Phi) is 3.51. The molecular formula is C15H13N3O3. The summed E-state index contributed by atoms with van der Waals surface area (Å²) in [5.74, 6) is 1.12. The quantitative estimate of drug-likeness (QED) is 0.690. The predicted octanol–water partition coefficient (Wildman–Crippen LogP) is 1.96. The molecule has 0 radical (unpaired) electrons. The normalized spacial score (nSPS) is 13.1. The maximum absolute atomic E-state index is 11.9. The molecule has 0 spiro atoms. The van der Waals surface area contributed by atoms with E-state index in [4.69, 9.17) is 9.47 Å². The highest BCUT2D eigenvalue weighted by atomic mass is 16.7. The maximum atomic E-state index is 11.9. The molecule has 0 unspecified atom stereocenters. The Bertz CT molecular complexity index is 699. The van der Waals surface area contributed by atoms with Crippen molar-refractivity contribution in [1.29, 1.82) is 0 Å². The second-order valence-corrected chi connectivity index (χ2v) is 4.44. The molecule has 1 aromatic carbocycles. The van der Waals surface area contributed by atoms with Crippen molar-refractivity contribution in [2.45, 2.75) is 6.92 Å². The van der Waals surface area contributed by atoms with Crippen LogP contribution in [0, 0.1) is 0 Å². The molecule has 1 amide bonds. The molecule has 21 heavy (non-hydrogen) atoms. The Morgan fingerprint density at radius 3 is 2.71 bits per heavy atom. The molecule has 3 rings (SSSR count). The fourth-order valence-corrected chi connectivity index (χ4v) is 1.89. The van der Waals surface area contributed by atoms with Crippen LogP contribution in [0.1, 0.15) is 22.8 Å². The van der Waals surface area contributed by atoms with Crippen LogP contribution >= 0.6 is 0 Å². The third-order valence-electron chi connectivity index (χ3n) is 3.06. The smallest absolute Gasteiger partial charge is 0.271 e. The first kappa shape index (κ1) is 13.1. The number of benzene rings is 1. The summed E-state index contributed by atoms with van der Waals surface area (Å²) in [6, 6.07) is 8.77. The zero-order valence-electron chi connectivity index (χ0n) is 11.4. The van der Waals surface area contributed by atoms with Crippen molar-refractivity contribution in [3.05, 3.63) is 53.9 Å². The van der Waals surface area contributed by atoms with E-state index in [2.05, 4.69) is 15.5 Å². The van der Waals surface area contributed by atoms with Gasteiger partial charge in [-0.2, -0.15) is 5.10 Å². The standard InChI is InChI=1S/C15H13N3O3/c1-10(12-2-3-13-14(8-12)21-9-20-13)17-18-15(19)11-4-6-16-7-5-11/h2-8H,9H2,1H3,(H,18,19)/b17-10+. The van der Waals surface area contributed by atoms with Gasteiger partial charge in [0.15, 0.2) is 11.5 Å². The fourth-order valence-electron chi connectivity index (χ4n) is 1.89. The summed E-state index contributed by atoms with van der Waals surface area (Å²) in [4.78, 5) is 15.7. The van der Waals surface area contributed by atoms with Gasteiger partial charge in [-0.1, -0.05) is 0 Å². The number of fused-ring (bicyclic) bond motifs is 1. The highest BCUT2D eigenvalue weighted by Crippen LogP contribution is 2.32. The van der Waals surface area contributed by atoms with Crippen molar-refractivity contribution in [3.63, 3.8) is 0 Å². The number of nitrogens with zero attached hydrogens (tertiary/aromatic N) is 2. The number of hydrogen-bond acceptors (Lipinski definition) is 5. The number of ether oxygens (including phenoxy) is 2. The van der Waals surface area contributed by atoms with Gasteiger partial charge in [0.1, 0.15) is 0 Å². The third kappa shape index (κ3) is 2.84. The molecule has 0 saturated carbocycles. The SMILES string of the molecule is C/C(=N\NC(=O)c1ccncc1)c1ccc2c(c1)OCO2. The van der Waals surface area contributed by atoms with Crippen LogP contribution < -0.4 is 14.9 Å². The van der Waals surface area contributed by atoms with Crippen LogP contribution in [0.3, 0.4) is 0 Å². The van der Waals surface area contributed by atoms with Crippen molar-refractivity contribution in [3.8, 4) is 11.5 Å². The van der Waals surface area contributed by atoms with E-state index >= 15 is 0 Å². The van der Waals surface area contributed by atoms with Gasteiger partial charge in [0.2, 0.25) is 6.79 Å². The Morgan fingerprint density at radius 1 is 1.14 bits per heavy atom. The average molecular weight is 283 g/mol. The summed E-state index contributed by atoms with van der Waals surface area (Å²) >= 11 is 0. The van der Waals surface area contributed by atoms with E-state index in [-0.39, 0.29) is 12.7 Å². The summed E-state index contributed by atoms with van der Waals surface area (Å²) < 4.78 is 10.6. The first-order valence-corrected chi connectivity index (χ1v) is 6.39. The number of carbonyl (C=O) groups is 1. The molecule has 0 saturated heterocycles. The second kappa shape index (κ2) is 5.62. The molecule has 1 aromatic heterocycles. The highest BCUT2D eigenvalue weighted by Gasteiger charge is 2.14. The molecule has 1 aliphatic rings. The van der Waals surface area contributed by atoms with E-state index in [1.165, 1.54) is 0 Å². The zero-order chi connectivity index (χ0) is 14.7. The van der Waals surface area contributed by atoms with E-state index in [0.29, 0.717) is 22.8 Å². The number of carbonyl (C=O) groups excluding carboxylic acids is 1. The number of amides is 1. The molecule has 0 aliphatic carbocycles. The van der Waals surface area contributed by atoms with Crippen molar-refractivity contribution in [1.82, 2.24) is 10.4 Å². The van der Waals surface area contributed by atoms with Gasteiger partial charge in [-0.3, -0.25) is 9.78 Å². The van der Waals surface area contributed by atoms with Gasteiger partial charge in [-0.25, -0.2) is 5.43 Å².